The van der Waals surface area contributed by atoms with Gasteiger partial charge in [-0.05, 0) is 36.2 Å². The van der Waals surface area contributed by atoms with Crippen molar-refractivity contribution in [2.45, 2.75) is 26.6 Å². The van der Waals surface area contributed by atoms with Crippen LogP contribution in [0.4, 0.5) is 5.69 Å². The first kappa shape index (κ1) is 15.0. The average molecular weight is 335 g/mol. The number of nitrogens with one attached hydrogen (secondary N) is 1. The molecule has 0 aliphatic heterocycles. The molecule has 0 radical (unpaired) electrons. The maximum absolute atomic E-state index is 5.71. The molecular weight excluding hydrogens is 316 g/mol. The van der Waals surface area contributed by atoms with Crippen LogP contribution >= 0.6 is 15.9 Å². The van der Waals surface area contributed by atoms with Gasteiger partial charge in [-0.2, -0.15) is 0 Å². The van der Waals surface area contributed by atoms with E-state index in [0.717, 1.165) is 34.4 Å². The first-order valence-electron chi connectivity index (χ1n) is 6.79. The predicted octanol–water partition coefficient (Wildman–Crippen LogP) is 4.38. The number of hydrogen-bond acceptors (Lipinski definition) is 3. The number of nitrogens with zero attached hydrogens (tertiary/aromatic N) is 1. The van der Waals surface area contributed by atoms with E-state index in [1.54, 1.807) is 0 Å². The molecule has 0 aliphatic rings. The normalized spacial score (nSPS) is 10.5. The number of hydrogen-bond donors (Lipinski definition) is 1. The van der Waals surface area contributed by atoms with Crippen molar-refractivity contribution in [1.82, 2.24) is 4.98 Å². The van der Waals surface area contributed by atoms with Crippen LogP contribution in [-0.4, -0.2) is 11.5 Å². The second kappa shape index (κ2) is 8.02. The number of benzene rings is 1. The molecule has 106 valence electrons. The van der Waals surface area contributed by atoms with Crippen LogP contribution in [0, 0.1) is 0 Å². The van der Waals surface area contributed by atoms with Gasteiger partial charge in [0.15, 0.2) is 0 Å². The summed E-state index contributed by atoms with van der Waals surface area (Å²) in [6.07, 6.45) is 2.92. The van der Waals surface area contributed by atoms with Crippen molar-refractivity contribution >= 4 is 21.6 Å². The van der Waals surface area contributed by atoms with E-state index in [9.17, 15) is 0 Å². The quantitative estimate of drug-likeness (QED) is 0.815. The lowest BCUT2D eigenvalue weighted by molar-refractivity contribution is 0.104. The van der Waals surface area contributed by atoms with Gasteiger partial charge in [0.25, 0.3) is 0 Å². The molecular formula is C16H19BrN2O. The summed E-state index contributed by atoms with van der Waals surface area (Å²) in [5.74, 6) is 0. The highest BCUT2D eigenvalue weighted by Crippen LogP contribution is 2.14. The molecule has 20 heavy (non-hydrogen) atoms. The highest BCUT2D eigenvalue weighted by molar-refractivity contribution is 9.10. The van der Waals surface area contributed by atoms with E-state index >= 15 is 0 Å². The molecule has 0 atom stereocenters. The lowest BCUT2D eigenvalue weighted by Crippen LogP contribution is -2.02. The molecule has 2 aromatic rings. The van der Waals surface area contributed by atoms with Crippen LogP contribution in [0.5, 0.6) is 0 Å². The highest BCUT2D eigenvalue weighted by Gasteiger charge is 1.99. The Labute approximate surface area is 128 Å². The molecule has 0 amide bonds. The summed E-state index contributed by atoms with van der Waals surface area (Å²) < 4.78 is 6.78. The minimum absolute atomic E-state index is 0.522. The van der Waals surface area contributed by atoms with Crippen LogP contribution < -0.4 is 5.32 Å². The molecule has 1 aromatic carbocycles. The largest absolute Gasteiger partial charge is 0.385 e. The third-order valence-electron chi connectivity index (χ3n) is 2.80. The number of rotatable bonds is 7. The summed E-state index contributed by atoms with van der Waals surface area (Å²) in [7, 11) is 0. The van der Waals surface area contributed by atoms with Crippen molar-refractivity contribution in [3.05, 3.63) is 58.3 Å². The molecule has 1 aromatic heterocycles. The summed E-state index contributed by atoms with van der Waals surface area (Å²) in [6, 6.07) is 12.2. The fourth-order valence-corrected chi connectivity index (χ4v) is 2.28. The van der Waals surface area contributed by atoms with Gasteiger partial charge >= 0.3 is 0 Å². The van der Waals surface area contributed by atoms with E-state index in [2.05, 4.69) is 45.3 Å². The molecule has 4 heteroatoms. The molecule has 3 nitrogen and oxygen atoms in total. The number of anilines is 1. The van der Waals surface area contributed by atoms with Crippen molar-refractivity contribution in [2.24, 2.45) is 0 Å². The van der Waals surface area contributed by atoms with Gasteiger partial charge in [-0.15, -0.1) is 0 Å². The Morgan fingerprint density at radius 3 is 2.90 bits per heavy atom. The lowest BCUT2D eigenvalue weighted by Gasteiger charge is -2.08. The SMILES string of the molecule is CCCNc1ccnc(COCc2cccc(Br)c2)c1. The van der Waals surface area contributed by atoms with Crippen LogP contribution in [0.25, 0.3) is 0 Å². The molecule has 0 saturated carbocycles. The Bertz CT molecular complexity index is 546. The zero-order valence-corrected chi connectivity index (χ0v) is 13.2. The van der Waals surface area contributed by atoms with Gasteiger partial charge in [-0.25, -0.2) is 0 Å². The van der Waals surface area contributed by atoms with E-state index in [4.69, 9.17) is 4.74 Å². The Morgan fingerprint density at radius 1 is 1.20 bits per heavy atom. The first-order valence-corrected chi connectivity index (χ1v) is 7.58. The molecule has 0 unspecified atom stereocenters. The number of halogens is 1. The average Bonchev–Trinajstić information content (AvgIpc) is 2.46. The van der Waals surface area contributed by atoms with Crippen LogP contribution in [-0.2, 0) is 18.0 Å². The monoisotopic (exact) mass is 334 g/mol. The fraction of sp³-hybridized carbons (Fsp3) is 0.312. The summed E-state index contributed by atoms with van der Waals surface area (Å²) in [5, 5.41) is 3.35. The lowest BCUT2D eigenvalue weighted by atomic mass is 10.2. The smallest absolute Gasteiger partial charge is 0.0893 e. The Morgan fingerprint density at radius 2 is 2.10 bits per heavy atom. The van der Waals surface area contributed by atoms with Crippen molar-refractivity contribution in [3.8, 4) is 0 Å². The van der Waals surface area contributed by atoms with Crippen LogP contribution in [0.3, 0.4) is 0 Å². The third-order valence-corrected chi connectivity index (χ3v) is 3.30. The molecule has 0 saturated heterocycles. The molecule has 0 bridgehead atoms. The van der Waals surface area contributed by atoms with E-state index in [-0.39, 0.29) is 0 Å². The molecule has 0 fully saturated rings. The maximum Gasteiger partial charge on any atom is 0.0893 e. The van der Waals surface area contributed by atoms with Crippen molar-refractivity contribution in [2.75, 3.05) is 11.9 Å². The molecule has 0 spiro atoms. The van der Waals surface area contributed by atoms with Gasteiger partial charge in [0.05, 0.1) is 18.9 Å². The second-order valence-electron chi connectivity index (χ2n) is 4.59. The van der Waals surface area contributed by atoms with Gasteiger partial charge < -0.3 is 10.1 Å². The van der Waals surface area contributed by atoms with Crippen LogP contribution in [0.1, 0.15) is 24.6 Å². The molecule has 1 heterocycles. The van der Waals surface area contributed by atoms with Gasteiger partial charge in [-0.1, -0.05) is 35.0 Å². The first-order chi connectivity index (χ1) is 9.78. The standard InChI is InChI=1S/C16H19BrN2O/c1-2-7-18-15-6-8-19-16(10-15)12-20-11-13-4-3-5-14(17)9-13/h3-6,8-10H,2,7,11-12H2,1H3,(H,18,19). The summed E-state index contributed by atoms with van der Waals surface area (Å²) >= 11 is 3.46. The van der Waals surface area contributed by atoms with Gasteiger partial charge in [0.2, 0.25) is 0 Å². The minimum Gasteiger partial charge on any atom is -0.385 e. The van der Waals surface area contributed by atoms with E-state index in [1.807, 2.05) is 30.5 Å². The molecule has 0 aliphatic carbocycles. The Hall–Kier alpha value is -1.39. The zero-order valence-electron chi connectivity index (χ0n) is 11.6. The second-order valence-corrected chi connectivity index (χ2v) is 5.50. The summed E-state index contributed by atoms with van der Waals surface area (Å²) in [6.45, 7) is 4.24. The highest BCUT2D eigenvalue weighted by atomic mass is 79.9. The van der Waals surface area contributed by atoms with Crippen molar-refractivity contribution < 1.29 is 4.74 Å². The van der Waals surface area contributed by atoms with Gasteiger partial charge in [0, 0.05) is 22.9 Å². The fourth-order valence-electron chi connectivity index (χ4n) is 1.84. The van der Waals surface area contributed by atoms with Gasteiger partial charge in [0.1, 0.15) is 0 Å². The van der Waals surface area contributed by atoms with Crippen LogP contribution in [0.2, 0.25) is 0 Å². The minimum atomic E-state index is 0.522. The maximum atomic E-state index is 5.71. The number of aromatic nitrogens is 1. The Balaban J connectivity index is 1.84. The van der Waals surface area contributed by atoms with Crippen LogP contribution in [0.15, 0.2) is 47.1 Å². The molecule has 1 N–H and O–H groups in total. The van der Waals surface area contributed by atoms with E-state index in [1.165, 1.54) is 0 Å². The summed E-state index contributed by atoms with van der Waals surface area (Å²) in [4.78, 5) is 4.32. The third kappa shape index (κ3) is 4.94. The number of pyridine rings is 1. The van der Waals surface area contributed by atoms with E-state index in [0.29, 0.717) is 13.2 Å². The van der Waals surface area contributed by atoms with E-state index < -0.39 is 0 Å². The number of ether oxygens (including phenoxy) is 1. The predicted molar refractivity (Wildman–Crippen MR) is 85.7 cm³/mol. The van der Waals surface area contributed by atoms with Gasteiger partial charge in [-0.3, -0.25) is 4.98 Å². The zero-order chi connectivity index (χ0) is 14.2. The molecule has 2 rings (SSSR count). The van der Waals surface area contributed by atoms with Crippen molar-refractivity contribution in [3.63, 3.8) is 0 Å². The Kier molecular flexibility index (Phi) is 6.02. The topological polar surface area (TPSA) is 34.2 Å². The summed E-state index contributed by atoms with van der Waals surface area (Å²) in [5.41, 5.74) is 3.20. The van der Waals surface area contributed by atoms with Crippen molar-refractivity contribution in [1.29, 1.82) is 0 Å².